The average Bonchev–Trinajstić information content (AvgIpc) is 3.22. The molecular formula is C19H22F2N4O3. The number of nitrogens with zero attached hydrogens (tertiary/aromatic N) is 3. The molecule has 1 aromatic heterocycles. The first-order valence-electron chi connectivity index (χ1n) is 9.17. The minimum absolute atomic E-state index is 0.152. The Labute approximate surface area is 161 Å². The molecule has 2 aliphatic heterocycles. The fourth-order valence-electron chi connectivity index (χ4n) is 3.48. The van der Waals surface area contributed by atoms with E-state index in [1.165, 1.54) is 0 Å². The second-order valence-corrected chi connectivity index (χ2v) is 7.48. The lowest BCUT2D eigenvalue weighted by atomic mass is 10.1. The summed E-state index contributed by atoms with van der Waals surface area (Å²) in [5, 5.41) is 3.24. The van der Waals surface area contributed by atoms with Gasteiger partial charge in [0.1, 0.15) is 30.8 Å². The molecule has 2 aliphatic rings. The maximum atomic E-state index is 13.4. The lowest BCUT2D eigenvalue weighted by Crippen LogP contribution is -2.39. The molecule has 1 unspecified atom stereocenters. The van der Waals surface area contributed by atoms with Gasteiger partial charge in [0.25, 0.3) is 6.43 Å². The number of imidazole rings is 1. The molecular weight excluding hydrogens is 370 g/mol. The summed E-state index contributed by atoms with van der Waals surface area (Å²) < 4.78 is 39.5. The number of ether oxygens (including phenoxy) is 2. The number of alkyl halides is 2. The van der Waals surface area contributed by atoms with E-state index in [2.05, 4.69) is 10.3 Å². The van der Waals surface area contributed by atoms with Gasteiger partial charge in [0.2, 0.25) is 0 Å². The number of aromatic nitrogens is 2. The second kappa shape index (κ2) is 6.65. The van der Waals surface area contributed by atoms with E-state index in [1.807, 2.05) is 43.5 Å². The standard InChI is InChI=1S/C19H22F2N4O3/c1-4-22-11-5-6-12-14(7-11)28-10-19(2,3)24-8-15(23-17(12)24)25-13(16(20)21)9-27-18(25)26/h5-8,13,16,22H,4,9-10H2,1-3H3. The van der Waals surface area contributed by atoms with Crippen LogP contribution in [0.5, 0.6) is 5.75 Å². The smallest absolute Gasteiger partial charge is 0.416 e. The minimum Gasteiger partial charge on any atom is -0.490 e. The number of benzene rings is 1. The quantitative estimate of drug-likeness (QED) is 0.859. The number of anilines is 2. The van der Waals surface area contributed by atoms with Gasteiger partial charge in [-0.25, -0.2) is 23.5 Å². The molecule has 0 aliphatic carbocycles. The van der Waals surface area contributed by atoms with Crippen LogP contribution >= 0.6 is 0 Å². The van der Waals surface area contributed by atoms with Gasteiger partial charge in [-0.2, -0.15) is 0 Å². The molecule has 0 radical (unpaired) electrons. The van der Waals surface area contributed by atoms with Crippen molar-refractivity contribution < 1.29 is 23.0 Å². The first kappa shape index (κ1) is 18.5. The molecule has 1 amide bonds. The van der Waals surface area contributed by atoms with Crippen LogP contribution in [0.1, 0.15) is 20.8 Å². The molecule has 28 heavy (non-hydrogen) atoms. The fraction of sp³-hybridized carbons (Fsp3) is 0.474. The minimum atomic E-state index is -2.72. The van der Waals surface area contributed by atoms with Crippen molar-refractivity contribution in [1.82, 2.24) is 9.55 Å². The van der Waals surface area contributed by atoms with Gasteiger partial charge in [-0.3, -0.25) is 0 Å². The van der Waals surface area contributed by atoms with Crippen molar-refractivity contribution in [3.8, 4) is 17.1 Å². The number of carbonyl (C=O) groups is 1. The Balaban J connectivity index is 1.83. The summed E-state index contributed by atoms with van der Waals surface area (Å²) in [6.45, 7) is 6.71. The maximum Gasteiger partial charge on any atom is 0.416 e. The Morgan fingerprint density at radius 3 is 2.86 bits per heavy atom. The number of carbonyl (C=O) groups excluding carboxylic acids is 1. The van der Waals surface area contributed by atoms with E-state index in [1.54, 1.807) is 6.20 Å². The number of amides is 1. The van der Waals surface area contributed by atoms with Crippen molar-refractivity contribution in [2.45, 2.75) is 38.8 Å². The molecule has 7 nitrogen and oxygen atoms in total. The monoisotopic (exact) mass is 392 g/mol. The molecule has 1 aromatic carbocycles. The molecule has 1 fully saturated rings. The lowest BCUT2D eigenvalue weighted by molar-refractivity contribution is 0.104. The Morgan fingerprint density at radius 2 is 2.14 bits per heavy atom. The molecule has 1 saturated heterocycles. The maximum absolute atomic E-state index is 13.4. The fourth-order valence-corrected chi connectivity index (χ4v) is 3.48. The molecule has 0 bridgehead atoms. The third-order valence-electron chi connectivity index (χ3n) is 4.97. The molecule has 0 spiro atoms. The van der Waals surface area contributed by atoms with Gasteiger partial charge in [0.05, 0.1) is 11.1 Å². The highest BCUT2D eigenvalue weighted by atomic mass is 19.3. The van der Waals surface area contributed by atoms with Gasteiger partial charge in [-0.05, 0) is 32.9 Å². The summed E-state index contributed by atoms with van der Waals surface area (Å²) in [4.78, 5) is 17.6. The van der Waals surface area contributed by atoms with Crippen molar-refractivity contribution in [2.75, 3.05) is 30.0 Å². The number of cyclic esters (lactones) is 1. The van der Waals surface area contributed by atoms with Crippen molar-refractivity contribution in [3.63, 3.8) is 0 Å². The Morgan fingerprint density at radius 1 is 1.36 bits per heavy atom. The van der Waals surface area contributed by atoms with E-state index in [0.717, 1.165) is 22.7 Å². The van der Waals surface area contributed by atoms with Gasteiger partial charge in [0.15, 0.2) is 5.82 Å². The molecule has 2 aromatic rings. The first-order valence-corrected chi connectivity index (χ1v) is 9.17. The van der Waals surface area contributed by atoms with E-state index in [4.69, 9.17) is 9.47 Å². The van der Waals surface area contributed by atoms with E-state index in [0.29, 0.717) is 18.2 Å². The first-order chi connectivity index (χ1) is 13.3. The number of hydrogen-bond donors (Lipinski definition) is 1. The summed E-state index contributed by atoms with van der Waals surface area (Å²) in [5.41, 5.74) is 1.15. The summed E-state index contributed by atoms with van der Waals surface area (Å²) in [5.74, 6) is 1.36. The van der Waals surface area contributed by atoms with E-state index >= 15 is 0 Å². The van der Waals surface area contributed by atoms with Crippen molar-refractivity contribution in [1.29, 1.82) is 0 Å². The van der Waals surface area contributed by atoms with Crippen molar-refractivity contribution >= 4 is 17.6 Å². The van der Waals surface area contributed by atoms with Crippen LogP contribution in [-0.4, -0.2) is 47.9 Å². The normalized spacial score (nSPS) is 20.3. The summed E-state index contributed by atoms with van der Waals surface area (Å²) >= 11 is 0. The highest BCUT2D eigenvalue weighted by Crippen LogP contribution is 2.40. The highest BCUT2D eigenvalue weighted by molar-refractivity contribution is 5.89. The third kappa shape index (κ3) is 2.94. The topological polar surface area (TPSA) is 68.6 Å². The number of rotatable bonds is 4. The molecule has 150 valence electrons. The lowest BCUT2D eigenvalue weighted by Gasteiger charge is -2.25. The predicted octanol–water partition coefficient (Wildman–Crippen LogP) is 3.70. The summed E-state index contributed by atoms with van der Waals surface area (Å²) in [6, 6.07) is 4.34. The number of fused-ring (bicyclic) bond motifs is 3. The van der Waals surface area contributed by atoms with Gasteiger partial charge in [-0.1, -0.05) is 0 Å². The predicted molar refractivity (Wildman–Crippen MR) is 100 cm³/mol. The van der Waals surface area contributed by atoms with Crippen LogP contribution in [0.15, 0.2) is 24.4 Å². The SMILES string of the molecule is CCNc1ccc2c(c1)OCC(C)(C)n1cc(N3C(=O)OCC3C(F)F)nc1-2. The zero-order valence-corrected chi connectivity index (χ0v) is 15.9. The van der Waals surface area contributed by atoms with E-state index in [9.17, 15) is 13.6 Å². The van der Waals surface area contributed by atoms with Gasteiger partial charge in [0, 0.05) is 24.5 Å². The van der Waals surface area contributed by atoms with Crippen LogP contribution in [0.25, 0.3) is 11.4 Å². The molecule has 0 saturated carbocycles. The second-order valence-electron chi connectivity index (χ2n) is 7.48. The largest absolute Gasteiger partial charge is 0.490 e. The van der Waals surface area contributed by atoms with Crippen LogP contribution in [0.3, 0.4) is 0 Å². The van der Waals surface area contributed by atoms with Crippen LogP contribution in [0.2, 0.25) is 0 Å². The van der Waals surface area contributed by atoms with Crippen LogP contribution < -0.4 is 15.0 Å². The summed E-state index contributed by atoms with van der Waals surface area (Å²) in [6.07, 6.45) is -1.91. The molecule has 3 heterocycles. The van der Waals surface area contributed by atoms with Crippen LogP contribution in [-0.2, 0) is 10.3 Å². The molecule has 1 atom stereocenters. The number of halogens is 2. The number of nitrogens with one attached hydrogen (secondary N) is 1. The van der Waals surface area contributed by atoms with Gasteiger partial charge >= 0.3 is 6.09 Å². The molecule has 4 rings (SSSR count). The zero-order chi connectivity index (χ0) is 20.1. The number of hydrogen-bond acceptors (Lipinski definition) is 5. The van der Waals surface area contributed by atoms with Gasteiger partial charge in [-0.15, -0.1) is 0 Å². The average molecular weight is 392 g/mol. The van der Waals surface area contributed by atoms with Gasteiger partial charge < -0.3 is 19.4 Å². The Bertz CT molecular complexity index is 913. The Kier molecular flexibility index (Phi) is 4.40. The van der Waals surface area contributed by atoms with E-state index < -0.39 is 24.1 Å². The zero-order valence-electron chi connectivity index (χ0n) is 15.9. The van der Waals surface area contributed by atoms with Crippen LogP contribution in [0.4, 0.5) is 25.1 Å². The van der Waals surface area contributed by atoms with E-state index in [-0.39, 0.29) is 12.4 Å². The highest BCUT2D eigenvalue weighted by Gasteiger charge is 2.43. The Hall–Kier alpha value is -2.84. The third-order valence-corrected chi connectivity index (χ3v) is 4.97. The van der Waals surface area contributed by atoms with Crippen molar-refractivity contribution in [3.05, 3.63) is 24.4 Å². The van der Waals surface area contributed by atoms with Crippen LogP contribution in [0, 0.1) is 0 Å². The summed E-state index contributed by atoms with van der Waals surface area (Å²) in [7, 11) is 0. The van der Waals surface area contributed by atoms with Crippen molar-refractivity contribution in [2.24, 2.45) is 0 Å². The molecule has 1 N–H and O–H groups in total. The molecule has 9 heteroatoms.